The second-order valence-electron chi connectivity index (χ2n) is 7.16. The molecular formula is C17H28N4O2. The van der Waals surface area contributed by atoms with E-state index in [9.17, 15) is 4.79 Å². The zero-order chi connectivity index (χ0) is 17.0. The van der Waals surface area contributed by atoms with Crippen molar-refractivity contribution in [3.8, 4) is 0 Å². The molecule has 1 saturated heterocycles. The third-order valence-electron chi connectivity index (χ3n) is 4.29. The number of nitrogens with zero attached hydrogens (tertiary/aromatic N) is 4. The van der Waals surface area contributed by atoms with Gasteiger partial charge in [-0.05, 0) is 40.5 Å². The van der Waals surface area contributed by atoms with E-state index >= 15 is 0 Å². The lowest BCUT2D eigenvalue weighted by molar-refractivity contribution is 0.0132. The molecule has 1 aromatic heterocycles. The molecule has 6 heteroatoms. The fraction of sp³-hybridized carbons (Fsp3) is 0.706. The van der Waals surface area contributed by atoms with E-state index in [1.54, 1.807) is 17.3 Å². The largest absolute Gasteiger partial charge is 0.444 e. The maximum Gasteiger partial charge on any atom is 0.410 e. The van der Waals surface area contributed by atoms with Crippen molar-refractivity contribution in [1.29, 1.82) is 0 Å². The number of ether oxygens (including phenoxy) is 1. The van der Waals surface area contributed by atoms with Gasteiger partial charge in [0.2, 0.25) is 0 Å². The summed E-state index contributed by atoms with van der Waals surface area (Å²) in [5.74, 6) is 0. The van der Waals surface area contributed by atoms with E-state index in [2.05, 4.69) is 21.8 Å². The number of hydrogen-bond acceptors (Lipinski definition) is 5. The van der Waals surface area contributed by atoms with E-state index in [4.69, 9.17) is 4.74 Å². The second-order valence-corrected chi connectivity index (χ2v) is 7.16. The molecule has 0 aromatic carbocycles. The Labute approximate surface area is 138 Å². The van der Waals surface area contributed by atoms with Gasteiger partial charge in [0.15, 0.2) is 0 Å². The van der Waals surface area contributed by atoms with Crippen molar-refractivity contribution >= 4 is 6.09 Å². The van der Waals surface area contributed by atoms with E-state index in [-0.39, 0.29) is 18.2 Å². The standard InChI is InChI=1S/C17H28N4O2/c1-13(15-12-18-8-9-19-15)21-10-6-14(7-11-21)20(5)16(22)23-17(2,3)4/h8-9,12-14H,6-7,10-11H2,1-5H3. The summed E-state index contributed by atoms with van der Waals surface area (Å²) in [5.41, 5.74) is 0.540. The van der Waals surface area contributed by atoms with Gasteiger partial charge >= 0.3 is 6.09 Å². The lowest BCUT2D eigenvalue weighted by Crippen LogP contribution is -2.47. The molecule has 0 spiro atoms. The number of aromatic nitrogens is 2. The fourth-order valence-electron chi connectivity index (χ4n) is 2.86. The molecule has 1 fully saturated rings. The van der Waals surface area contributed by atoms with Crippen LogP contribution in [0.25, 0.3) is 0 Å². The van der Waals surface area contributed by atoms with E-state index in [1.807, 2.05) is 34.0 Å². The molecule has 2 rings (SSSR count). The average molecular weight is 320 g/mol. The molecule has 1 unspecified atom stereocenters. The predicted molar refractivity (Wildman–Crippen MR) is 89.0 cm³/mol. The maximum atomic E-state index is 12.2. The molecule has 0 N–H and O–H groups in total. The van der Waals surface area contributed by atoms with Gasteiger partial charge in [0.25, 0.3) is 0 Å². The van der Waals surface area contributed by atoms with Gasteiger partial charge in [-0.3, -0.25) is 14.9 Å². The number of rotatable bonds is 3. The van der Waals surface area contributed by atoms with Crippen LogP contribution in [0, 0.1) is 0 Å². The highest BCUT2D eigenvalue weighted by molar-refractivity contribution is 5.68. The molecule has 0 radical (unpaired) electrons. The molecule has 1 aliphatic heterocycles. The summed E-state index contributed by atoms with van der Waals surface area (Å²) < 4.78 is 5.45. The number of carbonyl (C=O) groups is 1. The third-order valence-corrected chi connectivity index (χ3v) is 4.29. The summed E-state index contributed by atoms with van der Waals surface area (Å²) in [6, 6.07) is 0.478. The van der Waals surface area contributed by atoms with Gasteiger partial charge in [-0.25, -0.2) is 4.79 Å². The Hall–Kier alpha value is -1.69. The van der Waals surface area contributed by atoms with Gasteiger partial charge in [0.1, 0.15) is 5.60 Å². The first-order chi connectivity index (χ1) is 10.8. The normalized spacial score (nSPS) is 18.5. The van der Waals surface area contributed by atoms with E-state index in [0.717, 1.165) is 31.6 Å². The van der Waals surface area contributed by atoms with Crippen molar-refractivity contribution in [2.45, 2.75) is 58.2 Å². The van der Waals surface area contributed by atoms with Gasteiger partial charge in [-0.15, -0.1) is 0 Å². The third kappa shape index (κ3) is 4.89. The zero-order valence-corrected chi connectivity index (χ0v) is 14.8. The van der Waals surface area contributed by atoms with Crippen molar-refractivity contribution in [1.82, 2.24) is 19.8 Å². The molecule has 2 heterocycles. The first kappa shape index (κ1) is 17.7. The SMILES string of the molecule is CC(c1cnccn1)N1CCC(N(C)C(=O)OC(C)(C)C)CC1. The van der Waals surface area contributed by atoms with Gasteiger partial charge in [-0.1, -0.05) is 0 Å². The van der Waals surface area contributed by atoms with Crippen LogP contribution in [0.2, 0.25) is 0 Å². The molecule has 1 aromatic rings. The van der Waals surface area contributed by atoms with Crippen molar-refractivity contribution < 1.29 is 9.53 Å². The van der Waals surface area contributed by atoms with Crippen LogP contribution in [0.5, 0.6) is 0 Å². The van der Waals surface area contributed by atoms with Gasteiger partial charge in [0, 0.05) is 44.8 Å². The Kier molecular flexibility index (Phi) is 5.57. The number of likely N-dealkylation sites (tertiary alicyclic amines) is 1. The Balaban J connectivity index is 1.87. The fourth-order valence-corrected chi connectivity index (χ4v) is 2.86. The molecule has 0 aliphatic carbocycles. The molecule has 0 bridgehead atoms. The first-order valence-electron chi connectivity index (χ1n) is 8.23. The number of carbonyl (C=O) groups excluding carboxylic acids is 1. The topological polar surface area (TPSA) is 58.6 Å². The highest BCUT2D eigenvalue weighted by atomic mass is 16.6. The van der Waals surface area contributed by atoms with Crippen molar-refractivity contribution in [2.24, 2.45) is 0 Å². The van der Waals surface area contributed by atoms with Gasteiger partial charge < -0.3 is 9.64 Å². The van der Waals surface area contributed by atoms with E-state index in [1.165, 1.54) is 0 Å². The molecule has 0 saturated carbocycles. The summed E-state index contributed by atoms with van der Waals surface area (Å²) in [5, 5.41) is 0. The summed E-state index contributed by atoms with van der Waals surface area (Å²) in [6.07, 6.45) is 6.90. The van der Waals surface area contributed by atoms with Gasteiger partial charge in [0.05, 0.1) is 11.7 Å². The average Bonchev–Trinajstić information content (AvgIpc) is 2.53. The number of amides is 1. The zero-order valence-electron chi connectivity index (χ0n) is 14.8. The summed E-state index contributed by atoms with van der Waals surface area (Å²) in [4.78, 5) is 24.8. The Morgan fingerprint density at radius 3 is 2.52 bits per heavy atom. The van der Waals surface area contributed by atoms with Crippen molar-refractivity contribution in [3.05, 3.63) is 24.3 Å². The Morgan fingerprint density at radius 2 is 2.00 bits per heavy atom. The minimum atomic E-state index is -0.452. The molecule has 128 valence electrons. The van der Waals surface area contributed by atoms with Crippen LogP contribution in [-0.2, 0) is 4.74 Å². The van der Waals surface area contributed by atoms with E-state index in [0.29, 0.717) is 0 Å². The van der Waals surface area contributed by atoms with Crippen LogP contribution >= 0.6 is 0 Å². The van der Waals surface area contributed by atoms with Crippen LogP contribution in [0.1, 0.15) is 52.3 Å². The second kappa shape index (κ2) is 7.25. The van der Waals surface area contributed by atoms with Crippen LogP contribution in [0.15, 0.2) is 18.6 Å². The highest BCUT2D eigenvalue weighted by Crippen LogP contribution is 2.24. The molecule has 23 heavy (non-hydrogen) atoms. The summed E-state index contributed by atoms with van der Waals surface area (Å²) in [6.45, 7) is 9.71. The van der Waals surface area contributed by atoms with E-state index < -0.39 is 5.60 Å². The number of piperidine rings is 1. The molecule has 6 nitrogen and oxygen atoms in total. The molecular weight excluding hydrogens is 292 g/mol. The van der Waals surface area contributed by atoms with Crippen LogP contribution in [0.4, 0.5) is 4.79 Å². The molecule has 1 aliphatic rings. The maximum absolute atomic E-state index is 12.2. The smallest absolute Gasteiger partial charge is 0.410 e. The quantitative estimate of drug-likeness (QED) is 0.857. The lowest BCUT2D eigenvalue weighted by atomic mass is 10.0. The number of hydrogen-bond donors (Lipinski definition) is 0. The minimum absolute atomic E-state index is 0.232. The minimum Gasteiger partial charge on any atom is -0.444 e. The molecule has 1 atom stereocenters. The van der Waals surface area contributed by atoms with Crippen LogP contribution in [-0.4, -0.2) is 57.6 Å². The predicted octanol–water partition coefficient (Wildman–Crippen LogP) is 2.87. The van der Waals surface area contributed by atoms with Crippen LogP contribution < -0.4 is 0 Å². The molecule has 1 amide bonds. The Bertz CT molecular complexity index is 507. The summed E-state index contributed by atoms with van der Waals surface area (Å²) >= 11 is 0. The van der Waals surface area contributed by atoms with Crippen molar-refractivity contribution in [3.63, 3.8) is 0 Å². The van der Waals surface area contributed by atoms with Crippen LogP contribution in [0.3, 0.4) is 0 Å². The lowest BCUT2D eigenvalue weighted by Gasteiger charge is -2.39. The summed E-state index contributed by atoms with van der Waals surface area (Å²) in [7, 11) is 1.83. The van der Waals surface area contributed by atoms with Crippen molar-refractivity contribution in [2.75, 3.05) is 20.1 Å². The Morgan fingerprint density at radius 1 is 1.35 bits per heavy atom. The highest BCUT2D eigenvalue weighted by Gasteiger charge is 2.30. The van der Waals surface area contributed by atoms with Gasteiger partial charge in [-0.2, -0.15) is 0 Å². The first-order valence-corrected chi connectivity index (χ1v) is 8.23. The monoisotopic (exact) mass is 320 g/mol.